The number of nitrogens with one attached hydrogen (secondary N) is 1. The van der Waals surface area contributed by atoms with Gasteiger partial charge < -0.3 is 10.1 Å². The highest BCUT2D eigenvalue weighted by Crippen LogP contribution is 2.37. The Labute approximate surface area is 127 Å². The second-order valence-corrected chi connectivity index (χ2v) is 9.03. The molecule has 1 unspecified atom stereocenters. The first-order valence-corrected chi connectivity index (χ1v) is 9.11. The standard InChI is InChI=1S/C16H25NO3S/c1-15(2)10-14(16(3,4)20-15)17-11-12-6-8-13(9-7-12)21(5,18)19/h6-9,14,17H,10-11H2,1-5H3. The van der Waals surface area contributed by atoms with Gasteiger partial charge in [-0.15, -0.1) is 0 Å². The summed E-state index contributed by atoms with van der Waals surface area (Å²) in [6.45, 7) is 9.13. The fraction of sp³-hybridized carbons (Fsp3) is 0.625. The Morgan fingerprint density at radius 3 is 2.19 bits per heavy atom. The van der Waals surface area contributed by atoms with E-state index in [1.54, 1.807) is 12.1 Å². The lowest BCUT2D eigenvalue weighted by molar-refractivity contribution is -0.0699. The van der Waals surface area contributed by atoms with Crippen molar-refractivity contribution < 1.29 is 13.2 Å². The Balaban J connectivity index is 2.01. The molecule has 0 bridgehead atoms. The van der Waals surface area contributed by atoms with Crippen LogP contribution >= 0.6 is 0 Å². The molecule has 0 aromatic heterocycles. The van der Waals surface area contributed by atoms with E-state index in [9.17, 15) is 8.42 Å². The molecule has 0 spiro atoms. The third-order valence-corrected chi connectivity index (χ3v) is 5.11. The van der Waals surface area contributed by atoms with Gasteiger partial charge in [0.2, 0.25) is 0 Å². The van der Waals surface area contributed by atoms with Crippen molar-refractivity contribution in [2.45, 2.75) is 62.8 Å². The average molecular weight is 311 g/mol. The van der Waals surface area contributed by atoms with Gasteiger partial charge in [-0.1, -0.05) is 12.1 Å². The van der Waals surface area contributed by atoms with E-state index in [1.807, 2.05) is 12.1 Å². The lowest BCUT2D eigenvalue weighted by Gasteiger charge is -2.28. The van der Waals surface area contributed by atoms with Gasteiger partial charge in [-0.3, -0.25) is 0 Å². The van der Waals surface area contributed by atoms with E-state index >= 15 is 0 Å². The van der Waals surface area contributed by atoms with Gasteiger partial charge in [-0.25, -0.2) is 8.42 Å². The molecule has 1 aliphatic heterocycles. The summed E-state index contributed by atoms with van der Waals surface area (Å²) in [5, 5.41) is 3.53. The minimum Gasteiger partial charge on any atom is -0.368 e. The second-order valence-electron chi connectivity index (χ2n) is 7.02. The van der Waals surface area contributed by atoms with Crippen molar-refractivity contribution in [3.63, 3.8) is 0 Å². The summed E-state index contributed by atoms with van der Waals surface area (Å²) in [7, 11) is -3.12. The molecule has 0 aliphatic carbocycles. The topological polar surface area (TPSA) is 55.4 Å². The molecule has 1 heterocycles. The van der Waals surface area contributed by atoms with E-state index in [-0.39, 0.29) is 17.2 Å². The lowest BCUT2D eigenvalue weighted by atomic mass is 9.94. The van der Waals surface area contributed by atoms with Crippen LogP contribution in [0.2, 0.25) is 0 Å². The molecule has 0 saturated carbocycles. The summed E-state index contributed by atoms with van der Waals surface area (Å²) in [6.07, 6.45) is 2.18. The predicted molar refractivity (Wildman–Crippen MR) is 84.0 cm³/mol. The van der Waals surface area contributed by atoms with Gasteiger partial charge in [0.05, 0.1) is 16.1 Å². The minimum absolute atomic E-state index is 0.110. The number of sulfone groups is 1. The van der Waals surface area contributed by atoms with Crippen molar-refractivity contribution in [3.8, 4) is 0 Å². The zero-order chi connectivity index (χ0) is 15.9. The van der Waals surface area contributed by atoms with Crippen LogP contribution < -0.4 is 5.32 Å². The van der Waals surface area contributed by atoms with E-state index in [4.69, 9.17) is 4.74 Å². The summed E-state index contributed by atoms with van der Waals surface area (Å²) >= 11 is 0. The molecule has 1 aliphatic rings. The van der Waals surface area contributed by atoms with E-state index in [0.717, 1.165) is 12.0 Å². The Hall–Kier alpha value is -0.910. The molecule has 1 saturated heterocycles. The molecule has 0 radical (unpaired) electrons. The molecule has 2 rings (SSSR count). The first-order chi connectivity index (χ1) is 9.50. The number of ether oxygens (including phenoxy) is 1. The maximum absolute atomic E-state index is 11.4. The van der Waals surface area contributed by atoms with Crippen LogP contribution in [0.4, 0.5) is 0 Å². The molecule has 0 amide bonds. The highest BCUT2D eigenvalue weighted by Gasteiger charge is 2.45. The van der Waals surface area contributed by atoms with Gasteiger partial charge in [0, 0.05) is 18.8 Å². The van der Waals surface area contributed by atoms with Gasteiger partial charge in [0.15, 0.2) is 9.84 Å². The van der Waals surface area contributed by atoms with Gasteiger partial charge >= 0.3 is 0 Å². The van der Waals surface area contributed by atoms with Crippen LogP contribution in [0.5, 0.6) is 0 Å². The quantitative estimate of drug-likeness (QED) is 0.928. The number of rotatable bonds is 4. The van der Waals surface area contributed by atoms with E-state index in [2.05, 4.69) is 33.0 Å². The molecular weight excluding hydrogens is 286 g/mol. The normalized spacial score (nSPS) is 24.1. The van der Waals surface area contributed by atoms with Crippen LogP contribution in [0.15, 0.2) is 29.2 Å². The molecule has 1 fully saturated rings. The van der Waals surface area contributed by atoms with Crippen molar-refractivity contribution in [3.05, 3.63) is 29.8 Å². The van der Waals surface area contributed by atoms with Gasteiger partial charge in [-0.2, -0.15) is 0 Å². The highest BCUT2D eigenvalue weighted by atomic mass is 32.2. The van der Waals surface area contributed by atoms with Crippen molar-refractivity contribution >= 4 is 9.84 Å². The molecule has 5 heteroatoms. The van der Waals surface area contributed by atoms with Crippen LogP contribution in [0.25, 0.3) is 0 Å². The fourth-order valence-electron chi connectivity index (χ4n) is 2.98. The maximum Gasteiger partial charge on any atom is 0.175 e. The molecule has 1 aromatic carbocycles. The summed E-state index contributed by atoms with van der Waals surface area (Å²) in [5.41, 5.74) is 0.764. The van der Waals surface area contributed by atoms with E-state index in [1.165, 1.54) is 6.26 Å². The van der Waals surface area contributed by atoms with Crippen LogP contribution in [-0.2, 0) is 21.1 Å². The average Bonchev–Trinajstić information content (AvgIpc) is 2.53. The fourth-order valence-corrected chi connectivity index (χ4v) is 3.61. The number of hydrogen-bond donors (Lipinski definition) is 1. The molecular formula is C16H25NO3S. The summed E-state index contributed by atoms with van der Waals surface area (Å²) in [6, 6.07) is 7.32. The molecule has 21 heavy (non-hydrogen) atoms. The smallest absolute Gasteiger partial charge is 0.175 e. The minimum atomic E-state index is -3.12. The largest absolute Gasteiger partial charge is 0.368 e. The highest BCUT2D eigenvalue weighted by molar-refractivity contribution is 7.90. The SMILES string of the molecule is CC1(C)CC(NCc2ccc(S(C)(=O)=O)cc2)C(C)(C)O1. The Bertz CT molecular complexity index is 603. The second kappa shape index (κ2) is 5.38. The Morgan fingerprint density at radius 2 is 1.76 bits per heavy atom. The molecule has 118 valence electrons. The first kappa shape index (κ1) is 16.5. The zero-order valence-electron chi connectivity index (χ0n) is 13.4. The Morgan fingerprint density at radius 1 is 1.19 bits per heavy atom. The van der Waals surface area contributed by atoms with Crippen LogP contribution in [0.3, 0.4) is 0 Å². The lowest BCUT2D eigenvalue weighted by Crippen LogP contribution is -2.42. The summed E-state index contributed by atoms with van der Waals surface area (Å²) in [5.74, 6) is 0. The van der Waals surface area contributed by atoms with Crippen LogP contribution in [0.1, 0.15) is 39.7 Å². The molecule has 1 atom stereocenters. The van der Waals surface area contributed by atoms with Crippen molar-refractivity contribution in [2.24, 2.45) is 0 Å². The molecule has 1 aromatic rings. The molecule has 4 nitrogen and oxygen atoms in total. The monoisotopic (exact) mass is 311 g/mol. The van der Waals surface area contributed by atoms with Crippen molar-refractivity contribution in [2.75, 3.05) is 6.26 Å². The van der Waals surface area contributed by atoms with Crippen molar-refractivity contribution in [1.82, 2.24) is 5.32 Å². The van der Waals surface area contributed by atoms with E-state index in [0.29, 0.717) is 11.4 Å². The van der Waals surface area contributed by atoms with Gasteiger partial charge in [0.25, 0.3) is 0 Å². The van der Waals surface area contributed by atoms with Crippen LogP contribution in [-0.4, -0.2) is 31.9 Å². The number of hydrogen-bond acceptors (Lipinski definition) is 4. The number of benzene rings is 1. The van der Waals surface area contributed by atoms with Crippen molar-refractivity contribution in [1.29, 1.82) is 0 Å². The molecule has 1 N–H and O–H groups in total. The maximum atomic E-state index is 11.4. The van der Waals surface area contributed by atoms with E-state index < -0.39 is 9.84 Å². The van der Waals surface area contributed by atoms with Gasteiger partial charge in [-0.05, 0) is 51.8 Å². The third kappa shape index (κ3) is 4.05. The summed E-state index contributed by atoms with van der Waals surface area (Å²) < 4.78 is 28.9. The zero-order valence-corrected chi connectivity index (χ0v) is 14.3. The summed E-state index contributed by atoms with van der Waals surface area (Å²) in [4.78, 5) is 0.358. The van der Waals surface area contributed by atoms with Gasteiger partial charge in [0.1, 0.15) is 0 Å². The first-order valence-electron chi connectivity index (χ1n) is 7.22. The van der Waals surface area contributed by atoms with Crippen LogP contribution in [0, 0.1) is 0 Å². The Kier molecular flexibility index (Phi) is 4.21. The third-order valence-electron chi connectivity index (χ3n) is 3.98. The predicted octanol–water partition coefficient (Wildman–Crippen LogP) is 2.53.